The van der Waals surface area contributed by atoms with E-state index in [9.17, 15) is 0 Å². The van der Waals surface area contributed by atoms with Crippen LogP contribution in [-0.4, -0.2) is 9.97 Å². The van der Waals surface area contributed by atoms with Gasteiger partial charge in [-0.3, -0.25) is 0 Å². The lowest BCUT2D eigenvalue weighted by Gasteiger charge is -2.21. The van der Waals surface area contributed by atoms with Crippen LogP contribution in [-0.2, 0) is 5.41 Å². The van der Waals surface area contributed by atoms with Crippen molar-refractivity contribution in [1.82, 2.24) is 9.97 Å². The normalized spacial score (nSPS) is 13.2. The summed E-state index contributed by atoms with van der Waals surface area (Å²) < 4.78 is 13.1. The topological polar surface area (TPSA) is 52.1 Å². The fraction of sp³-hybridized carbons (Fsp3) is 0.0612. The molecule has 1 aliphatic rings. The first-order valence-corrected chi connectivity index (χ1v) is 18.1. The lowest BCUT2D eigenvalue weighted by Crippen LogP contribution is -2.14. The van der Waals surface area contributed by atoms with Crippen molar-refractivity contribution in [1.29, 1.82) is 0 Å². The van der Waals surface area contributed by atoms with E-state index in [0.29, 0.717) is 11.4 Å². The zero-order valence-corrected chi connectivity index (χ0v) is 29.2. The minimum atomic E-state index is -0.0345. The van der Waals surface area contributed by atoms with Gasteiger partial charge in [0.15, 0.2) is 11.4 Å². The summed E-state index contributed by atoms with van der Waals surface area (Å²) in [5.74, 6) is 0.624. The van der Waals surface area contributed by atoms with E-state index in [0.717, 1.165) is 71.9 Å². The molecule has 11 rings (SSSR count). The Labute approximate surface area is 306 Å². The first-order valence-electron chi connectivity index (χ1n) is 18.1. The Kier molecular flexibility index (Phi) is 6.27. The zero-order chi connectivity index (χ0) is 35.3. The molecular weight excluding hydrogens is 649 g/mol. The van der Waals surface area contributed by atoms with E-state index in [1.807, 2.05) is 42.5 Å². The molecule has 0 amide bonds. The summed E-state index contributed by atoms with van der Waals surface area (Å²) in [4.78, 5) is 10.6. The number of aromatic nitrogens is 2. The van der Waals surface area contributed by atoms with Crippen molar-refractivity contribution < 1.29 is 8.83 Å². The zero-order valence-electron chi connectivity index (χ0n) is 29.2. The van der Waals surface area contributed by atoms with Gasteiger partial charge in [-0.1, -0.05) is 135 Å². The number of hydrogen-bond acceptors (Lipinski definition) is 4. The Bertz CT molecular complexity index is 3080. The molecule has 1 aliphatic carbocycles. The molecule has 3 aromatic heterocycles. The third-order valence-corrected chi connectivity index (χ3v) is 11.1. The summed E-state index contributed by atoms with van der Waals surface area (Å²) in [6.45, 7) is 4.64. The fourth-order valence-corrected chi connectivity index (χ4v) is 8.46. The predicted octanol–water partition coefficient (Wildman–Crippen LogP) is 13.2. The van der Waals surface area contributed by atoms with Gasteiger partial charge in [-0.15, -0.1) is 0 Å². The number of fused-ring (bicyclic) bond motifs is 9. The van der Waals surface area contributed by atoms with E-state index >= 15 is 0 Å². The summed E-state index contributed by atoms with van der Waals surface area (Å²) in [5.41, 5.74) is 16.4. The summed E-state index contributed by atoms with van der Waals surface area (Å²) in [6.07, 6.45) is 0. The Morgan fingerprint density at radius 1 is 0.434 bits per heavy atom. The Morgan fingerprint density at radius 2 is 1.06 bits per heavy atom. The van der Waals surface area contributed by atoms with E-state index in [-0.39, 0.29) is 5.41 Å². The average Bonchev–Trinajstić information content (AvgIpc) is 3.85. The van der Waals surface area contributed by atoms with Gasteiger partial charge in [0.1, 0.15) is 28.0 Å². The minimum Gasteiger partial charge on any atom is -0.456 e. The molecule has 0 aliphatic heterocycles. The van der Waals surface area contributed by atoms with Crippen molar-refractivity contribution >= 4 is 44.0 Å². The molecule has 0 N–H and O–H groups in total. The molecule has 0 fully saturated rings. The molecule has 0 saturated heterocycles. The Hall–Kier alpha value is -6.78. The molecule has 53 heavy (non-hydrogen) atoms. The number of hydrogen-bond donors (Lipinski definition) is 0. The number of furan rings is 2. The molecule has 0 saturated carbocycles. The first-order chi connectivity index (χ1) is 26.0. The minimum absolute atomic E-state index is 0.0345. The van der Waals surface area contributed by atoms with Crippen LogP contribution in [0.1, 0.15) is 25.0 Å². The van der Waals surface area contributed by atoms with E-state index in [4.69, 9.17) is 18.8 Å². The van der Waals surface area contributed by atoms with Crippen LogP contribution < -0.4 is 0 Å². The van der Waals surface area contributed by atoms with Crippen LogP contribution in [0.15, 0.2) is 167 Å². The highest BCUT2D eigenvalue weighted by Crippen LogP contribution is 2.50. The molecule has 0 atom stereocenters. The highest BCUT2D eigenvalue weighted by atomic mass is 16.3. The lowest BCUT2D eigenvalue weighted by atomic mass is 9.82. The molecule has 4 heteroatoms. The fourth-order valence-electron chi connectivity index (χ4n) is 8.46. The highest BCUT2D eigenvalue weighted by molar-refractivity contribution is 6.14. The van der Waals surface area contributed by atoms with Crippen LogP contribution in [0.2, 0.25) is 0 Å². The van der Waals surface area contributed by atoms with Crippen molar-refractivity contribution in [2.45, 2.75) is 19.3 Å². The SMILES string of the molecule is CC1(C)c2ccccc2-c2cc(-c3ccc4oc5cccc(-c6nc(-c7ccccc7)c7oc8ccc(-c9ccccc9)cc8c7n6)c5c4c3)ccc21. The maximum Gasteiger partial charge on any atom is 0.180 e. The monoisotopic (exact) mass is 680 g/mol. The molecule has 0 spiro atoms. The number of benzene rings is 7. The summed E-state index contributed by atoms with van der Waals surface area (Å²) in [6, 6.07) is 55.3. The van der Waals surface area contributed by atoms with Gasteiger partial charge in [0.2, 0.25) is 0 Å². The van der Waals surface area contributed by atoms with Gasteiger partial charge in [0, 0.05) is 32.7 Å². The van der Waals surface area contributed by atoms with Crippen molar-refractivity contribution in [3.05, 3.63) is 169 Å². The smallest absolute Gasteiger partial charge is 0.180 e. The standard InChI is InChI=1S/C49H32N2O2/c1-49(2)39-18-10-9-16-34(39)36-26-32(20-23-40(36)49)33-22-24-41-37(27-33)44-35(17-11-19-43(44)52-41)48-50-45(30-14-7-4-8-15-30)47-46(51-48)38-28-31(21-25-42(38)53-47)29-12-5-3-6-13-29/h3-28H,1-2H3. The Morgan fingerprint density at radius 3 is 1.87 bits per heavy atom. The molecule has 7 aromatic carbocycles. The van der Waals surface area contributed by atoms with Crippen LogP contribution in [0, 0.1) is 0 Å². The third-order valence-electron chi connectivity index (χ3n) is 11.1. The van der Waals surface area contributed by atoms with Gasteiger partial charge < -0.3 is 8.83 Å². The van der Waals surface area contributed by atoms with Crippen molar-refractivity contribution in [2.75, 3.05) is 0 Å². The maximum absolute atomic E-state index is 6.55. The Balaban J connectivity index is 1.13. The summed E-state index contributed by atoms with van der Waals surface area (Å²) in [5, 5.41) is 2.98. The summed E-state index contributed by atoms with van der Waals surface area (Å²) in [7, 11) is 0. The van der Waals surface area contributed by atoms with Crippen molar-refractivity contribution in [2.24, 2.45) is 0 Å². The molecular formula is C49H32N2O2. The lowest BCUT2D eigenvalue weighted by molar-refractivity contribution is 0.660. The van der Waals surface area contributed by atoms with Gasteiger partial charge in [-0.2, -0.15) is 0 Å². The second-order valence-corrected chi connectivity index (χ2v) is 14.5. The largest absolute Gasteiger partial charge is 0.456 e. The van der Waals surface area contributed by atoms with Crippen molar-refractivity contribution in [3.63, 3.8) is 0 Å². The third kappa shape index (κ3) is 4.49. The van der Waals surface area contributed by atoms with Gasteiger partial charge in [0.25, 0.3) is 0 Å². The molecule has 4 nitrogen and oxygen atoms in total. The summed E-state index contributed by atoms with van der Waals surface area (Å²) >= 11 is 0. The molecule has 0 bridgehead atoms. The number of rotatable bonds is 4. The highest BCUT2D eigenvalue weighted by Gasteiger charge is 2.35. The quantitative estimate of drug-likeness (QED) is 0.186. The second kappa shape index (κ2) is 11.1. The number of nitrogens with zero attached hydrogens (tertiary/aromatic N) is 2. The maximum atomic E-state index is 6.55. The van der Waals surface area contributed by atoms with Crippen LogP contribution >= 0.6 is 0 Å². The van der Waals surface area contributed by atoms with Crippen LogP contribution in [0.25, 0.3) is 100 Å². The molecule has 0 unspecified atom stereocenters. The van der Waals surface area contributed by atoms with Crippen LogP contribution in [0.5, 0.6) is 0 Å². The van der Waals surface area contributed by atoms with Crippen LogP contribution in [0.3, 0.4) is 0 Å². The molecule has 3 heterocycles. The average molecular weight is 681 g/mol. The predicted molar refractivity (Wildman–Crippen MR) is 216 cm³/mol. The van der Waals surface area contributed by atoms with Gasteiger partial charge in [-0.05, 0) is 80.9 Å². The van der Waals surface area contributed by atoms with Crippen molar-refractivity contribution in [3.8, 4) is 56.0 Å². The van der Waals surface area contributed by atoms with E-state index in [1.54, 1.807) is 0 Å². The molecule has 0 radical (unpaired) electrons. The van der Waals surface area contributed by atoms with Crippen LogP contribution in [0.4, 0.5) is 0 Å². The second-order valence-electron chi connectivity index (χ2n) is 14.5. The molecule has 250 valence electrons. The van der Waals surface area contributed by atoms with E-state index in [2.05, 4.69) is 129 Å². The van der Waals surface area contributed by atoms with Gasteiger partial charge in [0.05, 0.1) is 0 Å². The van der Waals surface area contributed by atoms with Gasteiger partial charge in [-0.25, -0.2) is 9.97 Å². The van der Waals surface area contributed by atoms with E-state index < -0.39 is 0 Å². The molecule has 10 aromatic rings. The first kappa shape index (κ1) is 29.9. The van der Waals surface area contributed by atoms with Gasteiger partial charge >= 0.3 is 0 Å². The van der Waals surface area contributed by atoms with E-state index in [1.165, 1.54) is 27.8 Å².